The van der Waals surface area contributed by atoms with E-state index in [1.54, 1.807) is 0 Å². The van der Waals surface area contributed by atoms with Crippen molar-refractivity contribution in [1.29, 1.82) is 0 Å². The van der Waals surface area contributed by atoms with Gasteiger partial charge >= 0.3 is 29.6 Å². The Balaban J connectivity index is 0.00000196. The van der Waals surface area contributed by atoms with Crippen LogP contribution in [0.4, 0.5) is 8.78 Å². The van der Waals surface area contributed by atoms with Crippen molar-refractivity contribution < 1.29 is 48.2 Å². The zero-order valence-corrected chi connectivity index (χ0v) is 10.4. The molecule has 0 aliphatic carbocycles. The molecule has 74 valence electrons. The van der Waals surface area contributed by atoms with Crippen LogP contribution in [0.1, 0.15) is 15.9 Å². The molecule has 1 aromatic carbocycles. The van der Waals surface area contributed by atoms with Gasteiger partial charge in [0.15, 0.2) is 5.78 Å². The summed E-state index contributed by atoms with van der Waals surface area (Å²) in [6.45, 7) is 1.39. The van der Waals surface area contributed by atoms with Gasteiger partial charge in [0.05, 0.1) is 5.56 Å². The molecular formula is C10H7F2NaO2. The first kappa shape index (κ1) is 14.3. The van der Waals surface area contributed by atoms with Crippen LogP contribution in [0.3, 0.4) is 0 Å². The van der Waals surface area contributed by atoms with Crippen LogP contribution in [0.25, 0.3) is 0 Å². The molecule has 0 aromatic heterocycles. The normalized spacial score (nSPS) is 10.1. The topological polar surface area (TPSA) is 40.1 Å². The largest absolute Gasteiger partial charge is 1.00 e. The van der Waals surface area contributed by atoms with Crippen LogP contribution in [0, 0.1) is 18.6 Å². The summed E-state index contributed by atoms with van der Waals surface area (Å²) in [5.41, 5.74) is -0.314. The number of benzene rings is 1. The van der Waals surface area contributed by atoms with Crippen LogP contribution < -0.4 is 34.7 Å². The summed E-state index contributed by atoms with van der Waals surface area (Å²) in [6, 6.07) is 1.70. The number of halogens is 2. The molecular weight excluding hydrogens is 213 g/mol. The van der Waals surface area contributed by atoms with E-state index in [0.717, 1.165) is 12.1 Å². The molecule has 0 N–H and O–H groups in total. The Morgan fingerprint density at radius 2 is 1.93 bits per heavy atom. The Hall–Kier alpha value is -0.710. The smallest absolute Gasteiger partial charge is 0.878 e. The molecule has 0 bridgehead atoms. The second kappa shape index (κ2) is 6.00. The number of carbonyl (C=O) groups excluding carboxylic acids is 1. The molecule has 1 rings (SSSR count). The van der Waals surface area contributed by atoms with Crippen molar-refractivity contribution in [2.24, 2.45) is 0 Å². The van der Waals surface area contributed by atoms with E-state index in [4.69, 9.17) is 0 Å². The van der Waals surface area contributed by atoms with E-state index in [2.05, 4.69) is 0 Å². The average Bonchev–Trinajstić information content (AvgIpc) is 2.11. The zero-order valence-electron chi connectivity index (χ0n) is 8.38. The van der Waals surface area contributed by atoms with Crippen LogP contribution >= 0.6 is 0 Å². The third-order valence-corrected chi connectivity index (χ3v) is 1.73. The molecule has 0 saturated heterocycles. The zero-order chi connectivity index (χ0) is 10.7. The Morgan fingerprint density at radius 1 is 1.33 bits per heavy atom. The monoisotopic (exact) mass is 220 g/mol. The van der Waals surface area contributed by atoms with Crippen molar-refractivity contribution in [3.8, 4) is 0 Å². The third kappa shape index (κ3) is 3.41. The maximum Gasteiger partial charge on any atom is 1.00 e. The summed E-state index contributed by atoms with van der Waals surface area (Å²) in [5, 5.41) is 9.96. The Bertz CT molecular complexity index is 403. The first-order valence-electron chi connectivity index (χ1n) is 3.84. The summed E-state index contributed by atoms with van der Waals surface area (Å²) in [5.74, 6) is -2.34. The third-order valence-electron chi connectivity index (χ3n) is 1.73. The Kier molecular flexibility index (Phi) is 5.72. The fourth-order valence-electron chi connectivity index (χ4n) is 0.987. The fraction of sp³-hybridized carbons (Fsp3) is 0.100. The van der Waals surface area contributed by atoms with Crippen LogP contribution in [0.5, 0.6) is 0 Å². The van der Waals surface area contributed by atoms with E-state index in [0.29, 0.717) is 6.08 Å². The number of hydrogen-bond acceptors (Lipinski definition) is 2. The average molecular weight is 220 g/mol. The minimum Gasteiger partial charge on any atom is -0.878 e. The molecule has 0 amide bonds. The molecule has 15 heavy (non-hydrogen) atoms. The van der Waals surface area contributed by atoms with Gasteiger partial charge in [-0.1, -0.05) is 0 Å². The van der Waals surface area contributed by atoms with Crippen LogP contribution in [0.2, 0.25) is 0 Å². The second-order valence-corrected chi connectivity index (χ2v) is 2.75. The van der Waals surface area contributed by atoms with Crippen LogP contribution in [0.15, 0.2) is 24.5 Å². The van der Waals surface area contributed by atoms with Gasteiger partial charge in [0, 0.05) is 0 Å². The first-order valence-corrected chi connectivity index (χ1v) is 3.84. The molecule has 0 saturated carbocycles. The maximum atomic E-state index is 13.1. The molecule has 0 heterocycles. The van der Waals surface area contributed by atoms with Gasteiger partial charge in [-0.25, -0.2) is 8.78 Å². The molecule has 0 radical (unpaired) electrons. The molecule has 0 atom stereocenters. The molecule has 0 aliphatic rings. The van der Waals surface area contributed by atoms with Crippen molar-refractivity contribution in [3.63, 3.8) is 0 Å². The summed E-state index contributed by atoms with van der Waals surface area (Å²) in [7, 11) is 0. The van der Waals surface area contributed by atoms with Crippen molar-refractivity contribution in [2.75, 3.05) is 0 Å². The molecule has 2 nitrogen and oxygen atoms in total. The van der Waals surface area contributed by atoms with Gasteiger partial charge in [0.1, 0.15) is 11.6 Å². The van der Waals surface area contributed by atoms with E-state index in [9.17, 15) is 18.7 Å². The fourth-order valence-corrected chi connectivity index (χ4v) is 0.987. The number of carbonyl (C=O) groups is 1. The molecule has 0 fully saturated rings. The number of aryl methyl sites for hydroxylation is 1. The predicted molar refractivity (Wildman–Crippen MR) is 44.6 cm³/mol. The van der Waals surface area contributed by atoms with Gasteiger partial charge in [-0.2, -0.15) is 0 Å². The number of hydrogen-bond donors (Lipinski definition) is 0. The van der Waals surface area contributed by atoms with Gasteiger partial charge in [-0.3, -0.25) is 4.79 Å². The van der Waals surface area contributed by atoms with Gasteiger partial charge in [0.25, 0.3) is 0 Å². The number of rotatable bonds is 2. The minimum absolute atomic E-state index is 0. The quantitative estimate of drug-likeness (QED) is 0.259. The Labute approximate surface area is 108 Å². The van der Waals surface area contributed by atoms with E-state index in [-0.39, 0.29) is 41.4 Å². The maximum absolute atomic E-state index is 13.1. The molecule has 0 aliphatic heterocycles. The van der Waals surface area contributed by atoms with Gasteiger partial charge in [-0.05, 0) is 30.7 Å². The summed E-state index contributed by atoms with van der Waals surface area (Å²) >= 11 is 0. The summed E-state index contributed by atoms with van der Waals surface area (Å²) < 4.78 is 26.0. The van der Waals surface area contributed by atoms with E-state index in [1.165, 1.54) is 6.92 Å². The standard InChI is InChI=1S/C10H8F2O2.Na/c1-6-4-9(12)7(5-8(6)11)10(14)2-3-13;/h2-5,13H,1H3;/q;+1/p-1. The molecule has 0 spiro atoms. The summed E-state index contributed by atoms with van der Waals surface area (Å²) in [6.07, 6.45) is 0.882. The van der Waals surface area contributed by atoms with E-state index in [1.807, 2.05) is 0 Å². The first-order chi connectivity index (χ1) is 6.56. The summed E-state index contributed by atoms with van der Waals surface area (Å²) in [4.78, 5) is 11.0. The van der Waals surface area contributed by atoms with Crippen molar-refractivity contribution in [1.82, 2.24) is 0 Å². The SMILES string of the molecule is Cc1cc(F)c(C(=O)C=C[O-])cc1F.[Na+]. The van der Waals surface area contributed by atoms with Crippen molar-refractivity contribution >= 4 is 5.78 Å². The molecule has 0 unspecified atom stereocenters. The van der Waals surface area contributed by atoms with E-state index >= 15 is 0 Å². The van der Waals surface area contributed by atoms with Gasteiger partial charge < -0.3 is 5.11 Å². The van der Waals surface area contributed by atoms with Crippen LogP contribution in [-0.4, -0.2) is 5.78 Å². The van der Waals surface area contributed by atoms with Gasteiger partial charge in [-0.15, -0.1) is 6.26 Å². The minimum atomic E-state index is -0.837. The second-order valence-electron chi connectivity index (χ2n) is 2.75. The van der Waals surface area contributed by atoms with Crippen molar-refractivity contribution in [2.45, 2.75) is 6.92 Å². The number of allylic oxidation sites excluding steroid dienone is 1. The molecule has 1 aromatic rings. The van der Waals surface area contributed by atoms with Crippen molar-refractivity contribution in [3.05, 3.63) is 47.2 Å². The van der Waals surface area contributed by atoms with E-state index < -0.39 is 23.0 Å². The Morgan fingerprint density at radius 3 is 2.47 bits per heavy atom. The molecule has 5 heteroatoms. The van der Waals surface area contributed by atoms with Crippen LogP contribution in [-0.2, 0) is 0 Å². The predicted octanol–water partition coefficient (Wildman–Crippen LogP) is -1.67. The van der Waals surface area contributed by atoms with Gasteiger partial charge in [0.2, 0.25) is 0 Å². The number of ketones is 1.